The Hall–Kier alpha value is -5.11. The third-order valence-electron chi connectivity index (χ3n) is 7.43. The van der Waals surface area contributed by atoms with Crippen molar-refractivity contribution in [2.24, 2.45) is 0 Å². The van der Waals surface area contributed by atoms with Crippen LogP contribution in [0.3, 0.4) is 0 Å². The molecule has 6 rings (SSSR count). The van der Waals surface area contributed by atoms with Crippen LogP contribution >= 0.6 is 7.26 Å². The molecule has 0 aromatic heterocycles. The van der Waals surface area contributed by atoms with Crippen LogP contribution in [-0.4, -0.2) is 6.16 Å². The predicted molar refractivity (Wildman–Crippen MR) is 181 cm³/mol. The second-order valence-corrected chi connectivity index (χ2v) is 14.2. The fourth-order valence-corrected chi connectivity index (χ4v) is 9.71. The van der Waals surface area contributed by atoms with Crippen LogP contribution in [0.25, 0.3) is 0 Å². The van der Waals surface area contributed by atoms with E-state index in [0.29, 0.717) is 0 Å². The van der Waals surface area contributed by atoms with Gasteiger partial charge in [0.05, 0.1) is 0 Å². The quantitative estimate of drug-likeness (QED) is 0.113. The van der Waals surface area contributed by atoms with Gasteiger partial charge >= 0.3 is 254 Å². The summed E-state index contributed by atoms with van der Waals surface area (Å²) >= 11 is 0. The Labute approximate surface area is 254 Å². The zero-order chi connectivity index (χ0) is 29.3. The number of para-hydroxylation sites is 3. The number of hydrogen-bond donors (Lipinski definition) is 0. The first-order valence-corrected chi connectivity index (χ1v) is 16.5. The van der Waals surface area contributed by atoms with Gasteiger partial charge in [-0.1, -0.05) is 0 Å². The van der Waals surface area contributed by atoms with E-state index in [4.69, 9.17) is 14.2 Å². The van der Waals surface area contributed by atoms with Gasteiger partial charge in [0.25, 0.3) is 0 Å². The minimum atomic E-state index is -2.55. The molecular weight excluding hydrogens is 547 g/mol. The maximum atomic E-state index is 6.12. The van der Waals surface area contributed by atoms with Gasteiger partial charge in [-0.2, -0.15) is 0 Å². The van der Waals surface area contributed by atoms with Crippen molar-refractivity contribution in [1.82, 2.24) is 0 Å². The van der Waals surface area contributed by atoms with Gasteiger partial charge in [0, 0.05) is 0 Å². The summed E-state index contributed by atoms with van der Waals surface area (Å²) in [5.41, 5.74) is 0. The van der Waals surface area contributed by atoms with Crippen LogP contribution in [0.15, 0.2) is 176 Å². The van der Waals surface area contributed by atoms with Crippen LogP contribution in [-0.2, 0) is 0 Å². The molecule has 0 N–H and O–H groups in total. The van der Waals surface area contributed by atoms with Gasteiger partial charge in [0.1, 0.15) is 0 Å². The average Bonchev–Trinajstić information content (AvgIpc) is 3.06. The molecule has 3 nitrogen and oxygen atoms in total. The summed E-state index contributed by atoms with van der Waals surface area (Å²) in [5.74, 6) is 4.84. The van der Waals surface area contributed by atoms with Gasteiger partial charge in [-0.3, -0.25) is 0 Å². The van der Waals surface area contributed by atoms with E-state index in [1.165, 1.54) is 15.9 Å². The van der Waals surface area contributed by atoms with Crippen molar-refractivity contribution in [3.63, 3.8) is 0 Å². The first-order chi connectivity index (χ1) is 21.2. The Balaban J connectivity index is 1.38. The third kappa shape index (κ3) is 6.54. The van der Waals surface area contributed by atoms with Crippen LogP contribution in [0.1, 0.15) is 0 Å². The molecule has 0 spiro atoms. The molecule has 43 heavy (non-hydrogen) atoms. The summed E-state index contributed by atoms with van der Waals surface area (Å²) < 4.78 is 18.4. The molecule has 0 unspecified atom stereocenters. The van der Waals surface area contributed by atoms with Crippen molar-refractivity contribution >= 4 is 23.2 Å². The number of allylic oxidation sites excluding steroid dienone is 1. The first-order valence-electron chi connectivity index (χ1n) is 14.3. The van der Waals surface area contributed by atoms with E-state index in [1.54, 1.807) is 0 Å². The van der Waals surface area contributed by atoms with E-state index in [1.807, 2.05) is 97.1 Å². The summed E-state index contributed by atoms with van der Waals surface area (Å²) in [6, 6.07) is 55.2. The maximum absolute atomic E-state index is 6.12. The molecule has 0 aliphatic heterocycles. The van der Waals surface area contributed by atoms with E-state index in [9.17, 15) is 0 Å². The molecular formula is C39H33O3P. The summed E-state index contributed by atoms with van der Waals surface area (Å²) in [5, 5.41) is 3.80. The Bertz CT molecular complexity index is 1530. The van der Waals surface area contributed by atoms with Crippen molar-refractivity contribution in [3.05, 3.63) is 176 Å². The summed E-state index contributed by atoms with van der Waals surface area (Å²) in [6.07, 6.45) is 2.87. The van der Waals surface area contributed by atoms with E-state index in [0.717, 1.165) is 40.7 Å². The normalized spacial score (nSPS) is 11.3. The zero-order valence-corrected chi connectivity index (χ0v) is 24.8. The number of ether oxygens (including phenoxy) is 3. The van der Waals surface area contributed by atoms with Crippen molar-refractivity contribution in [2.45, 2.75) is 0 Å². The molecule has 0 radical (unpaired) electrons. The molecule has 0 atom stereocenters. The van der Waals surface area contributed by atoms with Gasteiger partial charge < -0.3 is 0 Å². The molecule has 0 aliphatic carbocycles. The summed E-state index contributed by atoms with van der Waals surface area (Å²) in [4.78, 5) is 0. The van der Waals surface area contributed by atoms with Gasteiger partial charge in [0.15, 0.2) is 0 Å². The molecule has 6 aromatic rings. The van der Waals surface area contributed by atoms with Crippen LogP contribution in [0.5, 0.6) is 34.5 Å². The summed E-state index contributed by atoms with van der Waals surface area (Å²) in [7, 11) is -2.55. The van der Waals surface area contributed by atoms with Gasteiger partial charge in [-0.25, -0.2) is 0 Å². The van der Waals surface area contributed by atoms with Crippen LogP contribution in [0.2, 0.25) is 0 Å². The van der Waals surface area contributed by atoms with Crippen LogP contribution in [0.4, 0.5) is 0 Å². The van der Waals surface area contributed by atoms with Crippen LogP contribution < -0.4 is 30.1 Å². The standard InChI is InChI=1S/C39H33O3P/c1-2-30-43(37-24-18-34(19-25-37)40-31-12-6-3-7-13-31,38-26-20-35(21-27-38)41-32-14-8-4-9-15-32)39-28-22-36(23-29-39)42-33-16-10-5-11-17-33/h2-29,43H,1,30H2. The van der Waals surface area contributed by atoms with E-state index in [-0.39, 0.29) is 0 Å². The topological polar surface area (TPSA) is 27.7 Å². The average molecular weight is 581 g/mol. The summed E-state index contributed by atoms with van der Waals surface area (Å²) in [6.45, 7) is 4.20. The van der Waals surface area contributed by atoms with Crippen molar-refractivity contribution in [2.75, 3.05) is 6.16 Å². The van der Waals surface area contributed by atoms with Crippen LogP contribution in [0, 0.1) is 0 Å². The van der Waals surface area contributed by atoms with E-state index < -0.39 is 7.26 Å². The second kappa shape index (κ2) is 13.2. The van der Waals surface area contributed by atoms with Crippen molar-refractivity contribution in [1.29, 1.82) is 0 Å². The molecule has 212 valence electrons. The second-order valence-electron chi connectivity index (χ2n) is 10.2. The fraction of sp³-hybridized carbons (Fsp3) is 0.0256. The molecule has 6 aromatic carbocycles. The molecule has 0 amide bonds. The minimum absolute atomic E-state index is 0.801. The fourth-order valence-electron chi connectivity index (χ4n) is 5.37. The molecule has 0 bridgehead atoms. The van der Waals surface area contributed by atoms with Crippen molar-refractivity contribution < 1.29 is 14.2 Å². The molecule has 0 fully saturated rings. The molecule has 0 saturated heterocycles. The third-order valence-corrected chi connectivity index (χ3v) is 12.3. The number of benzene rings is 6. The van der Waals surface area contributed by atoms with E-state index >= 15 is 0 Å². The Morgan fingerprint density at radius 3 is 0.884 bits per heavy atom. The Morgan fingerprint density at radius 1 is 0.372 bits per heavy atom. The molecule has 0 aliphatic rings. The Kier molecular flexibility index (Phi) is 8.64. The van der Waals surface area contributed by atoms with Gasteiger partial charge in [-0.05, 0) is 0 Å². The van der Waals surface area contributed by atoms with Gasteiger partial charge in [-0.15, -0.1) is 0 Å². The molecule has 0 heterocycles. The van der Waals surface area contributed by atoms with Gasteiger partial charge in [0.2, 0.25) is 0 Å². The Morgan fingerprint density at radius 2 is 0.628 bits per heavy atom. The first kappa shape index (κ1) is 28.0. The SMILES string of the molecule is C=CC[PH](c1ccc(Oc2ccccc2)cc1)(c1ccc(Oc2ccccc2)cc1)c1ccc(Oc2ccccc2)cc1. The predicted octanol–water partition coefficient (Wildman–Crippen LogP) is 9.28. The zero-order valence-electron chi connectivity index (χ0n) is 23.8. The monoisotopic (exact) mass is 580 g/mol. The number of hydrogen-bond acceptors (Lipinski definition) is 3. The number of rotatable bonds is 11. The molecule has 4 heteroatoms. The molecule has 0 saturated carbocycles. The van der Waals surface area contributed by atoms with E-state index in [2.05, 4.69) is 79.4 Å². The van der Waals surface area contributed by atoms with Crippen molar-refractivity contribution in [3.8, 4) is 34.5 Å².